The van der Waals surface area contributed by atoms with Crippen molar-refractivity contribution in [2.75, 3.05) is 23.7 Å². The number of benzene rings is 1. The molecule has 0 amide bonds. The van der Waals surface area contributed by atoms with E-state index >= 15 is 0 Å². The molecule has 2 heteroatoms. The maximum Gasteiger partial charge on any atom is 0.0376 e. The van der Waals surface area contributed by atoms with Crippen molar-refractivity contribution >= 4 is 17.4 Å². The predicted molar refractivity (Wildman–Crippen MR) is 92.5 cm³/mol. The van der Waals surface area contributed by atoms with Crippen LogP contribution in [0.15, 0.2) is 53.5 Å². The SMILES string of the molecule is CCCCCCSC1=CCN(c2ccccc2)CC=C1. The molecule has 1 aromatic carbocycles. The van der Waals surface area contributed by atoms with Gasteiger partial charge in [-0.3, -0.25) is 0 Å². The number of rotatable bonds is 7. The quantitative estimate of drug-likeness (QED) is 0.629. The van der Waals surface area contributed by atoms with Crippen LogP contribution in [0.4, 0.5) is 5.69 Å². The number of para-hydroxylation sites is 1. The highest BCUT2D eigenvalue weighted by Gasteiger charge is 2.06. The number of unbranched alkanes of at least 4 members (excludes halogenated alkanes) is 3. The van der Waals surface area contributed by atoms with E-state index in [9.17, 15) is 0 Å². The molecule has 1 aliphatic heterocycles. The zero-order valence-corrected chi connectivity index (χ0v) is 13.2. The molecule has 0 fully saturated rings. The molecule has 2 rings (SSSR count). The van der Waals surface area contributed by atoms with Gasteiger partial charge in [-0.25, -0.2) is 0 Å². The summed E-state index contributed by atoms with van der Waals surface area (Å²) < 4.78 is 0. The van der Waals surface area contributed by atoms with Crippen LogP contribution in [-0.2, 0) is 0 Å². The van der Waals surface area contributed by atoms with Crippen molar-refractivity contribution in [1.82, 2.24) is 0 Å². The van der Waals surface area contributed by atoms with Crippen LogP contribution in [0, 0.1) is 0 Å². The number of anilines is 1. The fourth-order valence-electron chi connectivity index (χ4n) is 2.31. The molecule has 1 heterocycles. The summed E-state index contributed by atoms with van der Waals surface area (Å²) in [6, 6.07) is 10.7. The molecular formula is C18H25NS. The number of nitrogens with zero attached hydrogens (tertiary/aromatic N) is 1. The van der Waals surface area contributed by atoms with E-state index in [-0.39, 0.29) is 0 Å². The molecule has 1 aromatic rings. The van der Waals surface area contributed by atoms with Crippen molar-refractivity contribution in [3.8, 4) is 0 Å². The molecule has 108 valence electrons. The van der Waals surface area contributed by atoms with Crippen LogP contribution in [-0.4, -0.2) is 18.8 Å². The van der Waals surface area contributed by atoms with Crippen molar-refractivity contribution in [2.24, 2.45) is 0 Å². The minimum absolute atomic E-state index is 1.00. The Labute approximate surface area is 127 Å². The number of hydrogen-bond donors (Lipinski definition) is 0. The van der Waals surface area contributed by atoms with Crippen LogP contribution < -0.4 is 4.90 Å². The second-order valence-corrected chi connectivity index (χ2v) is 6.33. The van der Waals surface area contributed by atoms with Gasteiger partial charge in [0.25, 0.3) is 0 Å². The molecule has 0 unspecified atom stereocenters. The zero-order chi connectivity index (χ0) is 14.0. The summed E-state index contributed by atoms with van der Waals surface area (Å²) in [6.07, 6.45) is 12.3. The van der Waals surface area contributed by atoms with Gasteiger partial charge in [0.1, 0.15) is 0 Å². The monoisotopic (exact) mass is 287 g/mol. The van der Waals surface area contributed by atoms with Crippen molar-refractivity contribution in [1.29, 1.82) is 0 Å². The van der Waals surface area contributed by atoms with E-state index in [2.05, 4.69) is 60.4 Å². The molecular weight excluding hydrogens is 262 g/mol. The lowest BCUT2D eigenvalue weighted by molar-refractivity contribution is 0.707. The van der Waals surface area contributed by atoms with Crippen LogP contribution in [0.3, 0.4) is 0 Å². The Hall–Kier alpha value is -1.15. The number of thioether (sulfide) groups is 1. The Bertz CT molecular complexity index is 436. The van der Waals surface area contributed by atoms with Gasteiger partial charge >= 0.3 is 0 Å². The highest BCUT2D eigenvalue weighted by molar-refractivity contribution is 8.03. The fourth-order valence-corrected chi connectivity index (χ4v) is 3.28. The lowest BCUT2D eigenvalue weighted by atomic mass is 10.2. The standard InChI is InChI=1S/C18H25NS/c1-2-3-4-8-16-20-18-12-9-14-19(15-13-18)17-10-6-5-7-11-17/h5-7,9-13H,2-4,8,14-16H2,1H3. The molecule has 0 N–H and O–H groups in total. The summed E-state index contributed by atoms with van der Waals surface area (Å²) >= 11 is 2.01. The van der Waals surface area contributed by atoms with Crippen LogP contribution in [0.5, 0.6) is 0 Å². The topological polar surface area (TPSA) is 3.24 Å². The van der Waals surface area contributed by atoms with Crippen LogP contribution in [0.2, 0.25) is 0 Å². The first-order valence-corrected chi connectivity index (χ1v) is 8.68. The minimum atomic E-state index is 1.00. The Morgan fingerprint density at radius 3 is 2.70 bits per heavy atom. The average Bonchev–Trinajstić information content (AvgIpc) is 2.74. The zero-order valence-electron chi connectivity index (χ0n) is 12.4. The van der Waals surface area contributed by atoms with Crippen molar-refractivity contribution in [3.05, 3.63) is 53.5 Å². The molecule has 0 aliphatic carbocycles. The lowest BCUT2D eigenvalue weighted by Crippen LogP contribution is -2.22. The van der Waals surface area contributed by atoms with Crippen molar-refractivity contribution in [3.63, 3.8) is 0 Å². The summed E-state index contributed by atoms with van der Waals surface area (Å²) in [5, 5.41) is 0. The maximum atomic E-state index is 2.40. The van der Waals surface area contributed by atoms with Gasteiger partial charge < -0.3 is 4.90 Å². The van der Waals surface area contributed by atoms with Gasteiger partial charge in [0.05, 0.1) is 0 Å². The predicted octanol–water partition coefficient (Wildman–Crippen LogP) is 5.26. The first kappa shape index (κ1) is 15.2. The van der Waals surface area contributed by atoms with Crippen LogP contribution in [0.1, 0.15) is 32.6 Å². The second kappa shape index (κ2) is 8.91. The fraction of sp³-hybridized carbons (Fsp3) is 0.444. The third-order valence-electron chi connectivity index (χ3n) is 3.51. The number of allylic oxidation sites excluding steroid dienone is 1. The van der Waals surface area contributed by atoms with E-state index < -0.39 is 0 Å². The molecule has 0 radical (unpaired) electrons. The summed E-state index contributed by atoms with van der Waals surface area (Å²) in [5.41, 5.74) is 1.31. The second-order valence-electron chi connectivity index (χ2n) is 5.16. The smallest absolute Gasteiger partial charge is 0.0376 e. The molecule has 1 nitrogen and oxygen atoms in total. The average molecular weight is 287 g/mol. The summed E-state index contributed by atoms with van der Waals surface area (Å²) in [6.45, 7) is 4.27. The summed E-state index contributed by atoms with van der Waals surface area (Å²) in [4.78, 5) is 3.83. The molecule has 0 saturated carbocycles. The molecule has 0 aromatic heterocycles. The summed E-state index contributed by atoms with van der Waals surface area (Å²) in [7, 11) is 0. The third kappa shape index (κ3) is 5.09. The highest BCUT2D eigenvalue weighted by atomic mass is 32.2. The molecule has 0 saturated heterocycles. The van der Waals surface area contributed by atoms with Crippen LogP contribution in [0.25, 0.3) is 0 Å². The van der Waals surface area contributed by atoms with Gasteiger partial charge in [-0.2, -0.15) is 0 Å². The largest absolute Gasteiger partial charge is 0.364 e. The van der Waals surface area contributed by atoms with E-state index in [4.69, 9.17) is 0 Å². The van der Waals surface area contributed by atoms with E-state index in [1.165, 1.54) is 42.0 Å². The van der Waals surface area contributed by atoms with Gasteiger partial charge in [-0.1, -0.05) is 62.6 Å². The Morgan fingerprint density at radius 1 is 1.05 bits per heavy atom. The third-order valence-corrected chi connectivity index (χ3v) is 4.64. The lowest BCUT2D eigenvalue weighted by Gasteiger charge is -2.20. The molecule has 0 spiro atoms. The Balaban J connectivity index is 1.80. The first-order valence-electron chi connectivity index (χ1n) is 7.69. The van der Waals surface area contributed by atoms with E-state index in [0.29, 0.717) is 0 Å². The van der Waals surface area contributed by atoms with E-state index in [1.807, 2.05) is 11.8 Å². The van der Waals surface area contributed by atoms with E-state index in [0.717, 1.165) is 13.1 Å². The Kier molecular flexibility index (Phi) is 6.79. The molecule has 1 aliphatic rings. The minimum Gasteiger partial charge on any atom is -0.364 e. The molecule has 0 atom stereocenters. The summed E-state index contributed by atoms with van der Waals surface area (Å²) in [5.74, 6) is 1.25. The normalized spacial score (nSPS) is 15.1. The maximum absolute atomic E-state index is 2.40. The van der Waals surface area contributed by atoms with Crippen molar-refractivity contribution < 1.29 is 0 Å². The van der Waals surface area contributed by atoms with E-state index in [1.54, 1.807) is 0 Å². The van der Waals surface area contributed by atoms with Crippen molar-refractivity contribution in [2.45, 2.75) is 32.6 Å². The Morgan fingerprint density at radius 2 is 1.90 bits per heavy atom. The molecule has 20 heavy (non-hydrogen) atoms. The van der Waals surface area contributed by atoms with Gasteiger partial charge in [0.15, 0.2) is 0 Å². The van der Waals surface area contributed by atoms with Gasteiger partial charge in [0, 0.05) is 23.7 Å². The van der Waals surface area contributed by atoms with Gasteiger partial charge in [-0.05, 0) is 24.3 Å². The van der Waals surface area contributed by atoms with Gasteiger partial charge in [-0.15, -0.1) is 11.8 Å². The highest BCUT2D eigenvalue weighted by Crippen LogP contribution is 2.23. The number of hydrogen-bond acceptors (Lipinski definition) is 2. The first-order chi connectivity index (χ1) is 9.90. The molecule has 0 bridgehead atoms. The van der Waals surface area contributed by atoms with Gasteiger partial charge in [0.2, 0.25) is 0 Å². The van der Waals surface area contributed by atoms with Crippen LogP contribution >= 0.6 is 11.8 Å².